The molecule has 0 aliphatic rings. The van der Waals surface area contributed by atoms with Gasteiger partial charge in [-0.15, -0.1) is 0 Å². The van der Waals surface area contributed by atoms with Crippen molar-refractivity contribution in [3.8, 4) is 11.5 Å². The number of alkyl halides is 3. The SMILES string of the molecule is C[Si](C)(C)CCC(Cc1cc(Oc2ccc(C(F)(F)F)cc2Cl)ccc1[N+](=O)[O-])C(O)=S. The van der Waals surface area contributed by atoms with E-state index < -0.39 is 30.7 Å². The molecule has 0 aromatic heterocycles. The van der Waals surface area contributed by atoms with Gasteiger partial charge in [0, 0.05) is 25.6 Å². The summed E-state index contributed by atoms with van der Waals surface area (Å²) >= 11 is 10.9. The Morgan fingerprint density at radius 2 is 1.91 bits per heavy atom. The van der Waals surface area contributed by atoms with Gasteiger partial charge in [0.25, 0.3) is 5.69 Å². The summed E-state index contributed by atoms with van der Waals surface area (Å²) in [7, 11) is -1.43. The van der Waals surface area contributed by atoms with Crippen LogP contribution in [0.3, 0.4) is 0 Å². The van der Waals surface area contributed by atoms with Crippen LogP contribution in [-0.2, 0) is 12.6 Å². The van der Waals surface area contributed by atoms with Crippen LogP contribution >= 0.6 is 23.8 Å². The molecule has 5 nitrogen and oxygen atoms in total. The number of hydrogen-bond donors (Lipinski definition) is 1. The van der Waals surface area contributed by atoms with Crippen LogP contribution in [0, 0.1) is 16.0 Å². The van der Waals surface area contributed by atoms with E-state index in [1.165, 1.54) is 18.2 Å². The Hall–Kier alpha value is -2.17. The highest BCUT2D eigenvalue weighted by atomic mass is 35.5. The maximum Gasteiger partial charge on any atom is 0.416 e. The smallest absolute Gasteiger partial charge is 0.416 e. The van der Waals surface area contributed by atoms with Crippen molar-refractivity contribution < 1.29 is 27.9 Å². The van der Waals surface area contributed by atoms with Crippen LogP contribution in [-0.4, -0.2) is 23.2 Å². The fourth-order valence-electron chi connectivity index (χ4n) is 3.04. The predicted octanol–water partition coefficient (Wildman–Crippen LogP) is 7.83. The molecule has 0 heterocycles. The zero-order valence-corrected chi connectivity index (χ0v) is 20.3. The number of hydrogen-bond acceptors (Lipinski definition) is 4. The number of nitrogens with zero attached hydrogens (tertiary/aromatic N) is 1. The number of benzene rings is 2. The molecule has 2 aromatic carbocycles. The molecule has 0 radical (unpaired) electrons. The number of thiocarbonyl (C=S) groups is 1. The largest absolute Gasteiger partial charge is 0.502 e. The van der Waals surface area contributed by atoms with Crippen LogP contribution in [0.25, 0.3) is 0 Å². The molecule has 1 unspecified atom stereocenters. The van der Waals surface area contributed by atoms with Crippen LogP contribution in [0.4, 0.5) is 18.9 Å². The Kier molecular flexibility index (Phi) is 8.30. The molecule has 0 fully saturated rings. The summed E-state index contributed by atoms with van der Waals surface area (Å²) in [4.78, 5) is 11.0. The van der Waals surface area contributed by atoms with Gasteiger partial charge in [-0.3, -0.25) is 10.1 Å². The van der Waals surface area contributed by atoms with Gasteiger partial charge in [-0.05, 0) is 55.4 Å². The first-order valence-electron chi connectivity index (χ1n) is 9.72. The van der Waals surface area contributed by atoms with Crippen LogP contribution < -0.4 is 4.74 Å². The van der Waals surface area contributed by atoms with Gasteiger partial charge in [-0.1, -0.05) is 37.3 Å². The molecule has 0 saturated heterocycles. The second-order valence-corrected chi connectivity index (χ2v) is 15.1. The van der Waals surface area contributed by atoms with Crippen LogP contribution in [0.5, 0.6) is 11.5 Å². The number of ether oxygens (including phenoxy) is 1. The molecule has 11 heteroatoms. The van der Waals surface area contributed by atoms with Gasteiger partial charge in [0.15, 0.2) is 5.05 Å². The van der Waals surface area contributed by atoms with Crippen molar-refractivity contribution in [1.82, 2.24) is 0 Å². The van der Waals surface area contributed by atoms with Crippen molar-refractivity contribution in [2.75, 3.05) is 0 Å². The van der Waals surface area contributed by atoms with Gasteiger partial charge >= 0.3 is 6.18 Å². The molecule has 1 atom stereocenters. The highest BCUT2D eigenvalue weighted by molar-refractivity contribution is 7.80. The lowest BCUT2D eigenvalue weighted by molar-refractivity contribution is -0.385. The normalized spacial score (nSPS) is 13.0. The van der Waals surface area contributed by atoms with Crippen molar-refractivity contribution in [1.29, 1.82) is 0 Å². The van der Waals surface area contributed by atoms with E-state index in [-0.39, 0.29) is 33.7 Å². The van der Waals surface area contributed by atoms with Gasteiger partial charge in [-0.2, -0.15) is 13.2 Å². The minimum Gasteiger partial charge on any atom is -0.502 e. The average molecular weight is 506 g/mol. The zero-order chi connectivity index (χ0) is 24.3. The molecular weight excluding hydrogens is 483 g/mol. The second-order valence-electron chi connectivity index (χ2n) is 8.63. The topological polar surface area (TPSA) is 72.6 Å². The standard InChI is InChI=1S/C21H23ClF3NO4SSi/c1-32(2,3)9-8-13(20(27)31)10-14-11-16(5-6-18(14)26(28)29)30-19-7-4-15(12-17(19)22)21(23,24)25/h4-7,11-13H,8-10H2,1-3H3,(H,27,31). The van der Waals surface area contributed by atoms with Gasteiger partial charge in [-0.25, -0.2) is 0 Å². The van der Waals surface area contributed by atoms with Crippen molar-refractivity contribution in [3.63, 3.8) is 0 Å². The van der Waals surface area contributed by atoms with E-state index in [0.29, 0.717) is 12.0 Å². The summed E-state index contributed by atoms with van der Waals surface area (Å²) in [5.41, 5.74) is -0.779. The third kappa shape index (κ3) is 7.46. The van der Waals surface area contributed by atoms with E-state index in [1.54, 1.807) is 0 Å². The predicted molar refractivity (Wildman–Crippen MR) is 125 cm³/mol. The number of aliphatic hydroxyl groups is 1. The van der Waals surface area contributed by atoms with E-state index in [2.05, 4.69) is 19.6 Å². The van der Waals surface area contributed by atoms with E-state index in [4.69, 9.17) is 28.6 Å². The molecule has 1 N–H and O–H groups in total. The maximum atomic E-state index is 12.8. The second kappa shape index (κ2) is 10.2. The van der Waals surface area contributed by atoms with E-state index in [1.807, 2.05) is 0 Å². The number of halogens is 4. The summed E-state index contributed by atoms with van der Waals surface area (Å²) in [5, 5.41) is 21.0. The Labute approximate surface area is 195 Å². The lowest BCUT2D eigenvalue weighted by atomic mass is 9.96. The quantitative estimate of drug-likeness (QED) is 0.163. The van der Waals surface area contributed by atoms with Crippen LogP contribution in [0.2, 0.25) is 30.7 Å². The Morgan fingerprint density at radius 3 is 2.41 bits per heavy atom. The Morgan fingerprint density at radius 1 is 1.25 bits per heavy atom. The molecule has 0 saturated carbocycles. The molecule has 0 amide bonds. The molecule has 0 spiro atoms. The highest BCUT2D eigenvalue weighted by Crippen LogP contribution is 2.37. The van der Waals surface area contributed by atoms with Crippen LogP contribution in [0.1, 0.15) is 17.5 Å². The van der Waals surface area contributed by atoms with E-state index in [9.17, 15) is 28.4 Å². The minimum absolute atomic E-state index is 0.0209. The summed E-state index contributed by atoms with van der Waals surface area (Å²) < 4.78 is 44.1. The molecule has 2 aromatic rings. The number of nitro groups is 1. The van der Waals surface area contributed by atoms with E-state index in [0.717, 1.165) is 24.2 Å². The summed E-state index contributed by atoms with van der Waals surface area (Å²) in [6, 6.07) is 7.56. The first kappa shape index (κ1) is 26.1. The third-order valence-corrected chi connectivity index (χ3v) is 7.21. The molecule has 2 rings (SSSR count). The summed E-state index contributed by atoms with van der Waals surface area (Å²) in [6.07, 6.45) is -3.82. The zero-order valence-electron chi connectivity index (χ0n) is 17.7. The molecular formula is C21H23ClF3NO4SSi. The lowest BCUT2D eigenvalue weighted by Gasteiger charge is -2.20. The monoisotopic (exact) mass is 505 g/mol. The van der Waals surface area contributed by atoms with Crippen molar-refractivity contribution in [3.05, 3.63) is 62.7 Å². The summed E-state index contributed by atoms with van der Waals surface area (Å²) in [5.74, 6) is -0.298. The van der Waals surface area contributed by atoms with Crippen LogP contribution in [0.15, 0.2) is 36.4 Å². The Balaban J connectivity index is 2.33. The van der Waals surface area contributed by atoms with Crippen molar-refractivity contribution in [2.45, 2.75) is 44.7 Å². The Bertz CT molecular complexity index is 1010. The molecule has 0 aliphatic carbocycles. The van der Waals surface area contributed by atoms with Gasteiger partial charge in [0.2, 0.25) is 0 Å². The highest BCUT2D eigenvalue weighted by Gasteiger charge is 2.31. The number of aliphatic hydroxyl groups excluding tert-OH is 1. The molecule has 0 aliphatic heterocycles. The molecule has 0 bridgehead atoms. The maximum absolute atomic E-state index is 12.8. The lowest BCUT2D eigenvalue weighted by Crippen LogP contribution is -2.24. The third-order valence-electron chi connectivity index (χ3n) is 4.79. The first-order valence-corrected chi connectivity index (χ1v) is 14.2. The fourth-order valence-corrected chi connectivity index (χ4v) is 4.67. The van der Waals surface area contributed by atoms with Gasteiger partial charge in [0.05, 0.1) is 15.5 Å². The number of nitro benzene ring substituents is 1. The molecule has 174 valence electrons. The molecule has 32 heavy (non-hydrogen) atoms. The average Bonchev–Trinajstić information content (AvgIpc) is 2.64. The van der Waals surface area contributed by atoms with Crippen molar-refractivity contribution in [2.24, 2.45) is 5.92 Å². The van der Waals surface area contributed by atoms with Gasteiger partial charge < -0.3 is 9.84 Å². The van der Waals surface area contributed by atoms with Gasteiger partial charge in [0.1, 0.15) is 11.5 Å². The van der Waals surface area contributed by atoms with E-state index >= 15 is 0 Å². The number of rotatable bonds is 9. The first-order chi connectivity index (χ1) is 14.7. The fraction of sp³-hybridized carbons (Fsp3) is 0.381. The summed E-state index contributed by atoms with van der Waals surface area (Å²) in [6.45, 7) is 6.53. The van der Waals surface area contributed by atoms with Crippen molar-refractivity contribution >= 4 is 42.6 Å². The minimum atomic E-state index is -4.55.